The Hall–Kier alpha value is -0.840. The van der Waals surface area contributed by atoms with E-state index in [1.165, 1.54) is 7.11 Å². The molecule has 72 valence electrons. The Labute approximate surface area is 81.3 Å². The molecule has 1 rings (SSSR count). The Kier molecular flexibility index (Phi) is 3.48. The van der Waals surface area contributed by atoms with Crippen LogP contribution in [0, 0.1) is 0 Å². The van der Waals surface area contributed by atoms with E-state index in [0.29, 0.717) is 16.6 Å². The molecule has 1 aromatic rings. The summed E-state index contributed by atoms with van der Waals surface area (Å²) in [5, 5.41) is 9.17. The van der Waals surface area contributed by atoms with E-state index in [2.05, 4.69) is 4.98 Å². The molecular formula is C8H11ClN2O2. The van der Waals surface area contributed by atoms with Crippen LogP contribution in [-0.2, 0) is 0 Å². The number of rotatable bonds is 3. The molecule has 1 unspecified atom stereocenters. The van der Waals surface area contributed by atoms with Gasteiger partial charge in [0.15, 0.2) is 0 Å². The van der Waals surface area contributed by atoms with Crippen LogP contribution >= 0.6 is 11.6 Å². The molecule has 5 heteroatoms. The molecule has 0 aliphatic rings. The molecule has 1 aromatic heterocycles. The molecule has 13 heavy (non-hydrogen) atoms. The minimum atomic E-state index is -0.486. The van der Waals surface area contributed by atoms with Gasteiger partial charge in [-0.25, -0.2) is 4.98 Å². The van der Waals surface area contributed by atoms with Gasteiger partial charge in [0.1, 0.15) is 5.15 Å². The van der Waals surface area contributed by atoms with E-state index in [1.54, 1.807) is 12.1 Å². The molecule has 0 saturated heterocycles. The molecule has 0 fully saturated rings. The first-order valence-corrected chi connectivity index (χ1v) is 4.13. The Morgan fingerprint density at radius 1 is 1.69 bits per heavy atom. The van der Waals surface area contributed by atoms with Crippen LogP contribution in [0.4, 0.5) is 0 Å². The average molecular weight is 203 g/mol. The molecule has 1 atom stereocenters. The quantitative estimate of drug-likeness (QED) is 0.710. The van der Waals surface area contributed by atoms with Gasteiger partial charge in [-0.2, -0.15) is 0 Å². The molecule has 0 aliphatic heterocycles. The Morgan fingerprint density at radius 3 is 2.92 bits per heavy atom. The van der Waals surface area contributed by atoms with Crippen molar-refractivity contribution in [2.45, 2.75) is 6.04 Å². The third-order valence-electron chi connectivity index (χ3n) is 1.65. The van der Waals surface area contributed by atoms with Crippen molar-refractivity contribution in [3.05, 3.63) is 22.8 Å². The summed E-state index contributed by atoms with van der Waals surface area (Å²) in [5.41, 5.74) is 6.26. The summed E-state index contributed by atoms with van der Waals surface area (Å²) in [6.07, 6.45) is 0. The summed E-state index contributed by atoms with van der Waals surface area (Å²) in [4.78, 5) is 3.91. The van der Waals surface area contributed by atoms with Gasteiger partial charge in [-0.05, 0) is 12.1 Å². The van der Waals surface area contributed by atoms with Crippen LogP contribution in [0.3, 0.4) is 0 Å². The normalized spacial score (nSPS) is 12.6. The number of pyridine rings is 1. The molecule has 0 aromatic carbocycles. The number of aliphatic hydroxyl groups excluding tert-OH is 1. The summed E-state index contributed by atoms with van der Waals surface area (Å²) >= 11 is 5.65. The van der Waals surface area contributed by atoms with E-state index >= 15 is 0 Å². The van der Waals surface area contributed by atoms with Gasteiger partial charge >= 0.3 is 0 Å². The van der Waals surface area contributed by atoms with E-state index in [4.69, 9.17) is 27.2 Å². The zero-order chi connectivity index (χ0) is 9.84. The van der Waals surface area contributed by atoms with Gasteiger partial charge in [0, 0.05) is 5.56 Å². The van der Waals surface area contributed by atoms with Crippen molar-refractivity contribution in [1.29, 1.82) is 0 Å². The molecule has 1 heterocycles. The summed E-state index contributed by atoms with van der Waals surface area (Å²) < 4.78 is 4.96. The van der Waals surface area contributed by atoms with Gasteiger partial charge in [-0.1, -0.05) is 11.6 Å². The van der Waals surface area contributed by atoms with Gasteiger partial charge in [0.2, 0.25) is 5.88 Å². The number of aromatic nitrogens is 1. The highest BCUT2D eigenvalue weighted by Crippen LogP contribution is 2.23. The van der Waals surface area contributed by atoms with E-state index in [0.717, 1.165) is 0 Å². The van der Waals surface area contributed by atoms with Gasteiger partial charge in [-0.15, -0.1) is 0 Å². The number of nitrogens with zero attached hydrogens (tertiary/aromatic N) is 1. The SMILES string of the molecule is COc1nc(Cl)ccc1C(N)CO. The van der Waals surface area contributed by atoms with Gasteiger partial charge in [0.25, 0.3) is 0 Å². The van der Waals surface area contributed by atoms with E-state index in [1.807, 2.05) is 0 Å². The van der Waals surface area contributed by atoms with Gasteiger partial charge in [-0.3, -0.25) is 0 Å². The number of aliphatic hydroxyl groups is 1. The van der Waals surface area contributed by atoms with Crippen molar-refractivity contribution in [3.63, 3.8) is 0 Å². The monoisotopic (exact) mass is 202 g/mol. The first-order valence-electron chi connectivity index (χ1n) is 3.76. The van der Waals surface area contributed by atoms with Crippen LogP contribution in [0.2, 0.25) is 5.15 Å². The minimum absolute atomic E-state index is 0.153. The number of methoxy groups -OCH3 is 1. The Morgan fingerprint density at radius 2 is 2.38 bits per heavy atom. The second kappa shape index (κ2) is 4.41. The average Bonchev–Trinajstić information content (AvgIpc) is 2.16. The highest BCUT2D eigenvalue weighted by atomic mass is 35.5. The van der Waals surface area contributed by atoms with Crippen molar-refractivity contribution in [2.75, 3.05) is 13.7 Å². The molecule has 0 spiro atoms. The molecule has 0 aliphatic carbocycles. The lowest BCUT2D eigenvalue weighted by Crippen LogP contribution is -2.16. The summed E-state index contributed by atoms with van der Waals surface area (Å²) in [7, 11) is 1.48. The largest absolute Gasteiger partial charge is 0.481 e. The second-order valence-corrected chi connectivity index (χ2v) is 2.91. The number of nitrogens with two attached hydrogens (primary N) is 1. The standard InChI is InChI=1S/C8H11ClN2O2/c1-13-8-5(6(10)4-12)2-3-7(9)11-8/h2-3,6,12H,4,10H2,1H3. The van der Waals surface area contributed by atoms with E-state index < -0.39 is 6.04 Å². The number of ether oxygens (including phenoxy) is 1. The van der Waals surface area contributed by atoms with E-state index in [-0.39, 0.29) is 6.61 Å². The highest BCUT2D eigenvalue weighted by molar-refractivity contribution is 6.29. The van der Waals surface area contributed by atoms with Crippen molar-refractivity contribution in [1.82, 2.24) is 4.98 Å². The Balaban J connectivity index is 3.05. The minimum Gasteiger partial charge on any atom is -0.481 e. The van der Waals surface area contributed by atoms with Crippen molar-refractivity contribution in [2.24, 2.45) is 5.73 Å². The number of hydrogen-bond donors (Lipinski definition) is 2. The third kappa shape index (κ3) is 2.30. The smallest absolute Gasteiger partial charge is 0.219 e. The lowest BCUT2D eigenvalue weighted by Gasteiger charge is -2.11. The second-order valence-electron chi connectivity index (χ2n) is 2.52. The lowest BCUT2D eigenvalue weighted by molar-refractivity contribution is 0.263. The van der Waals surface area contributed by atoms with E-state index in [9.17, 15) is 0 Å². The molecular weight excluding hydrogens is 192 g/mol. The van der Waals surface area contributed by atoms with Crippen molar-refractivity contribution in [3.8, 4) is 5.88 Å². The molecule has 0 amide bonds. The zero-order valence-corrected chi connectivity index (χ0v) is 7.95. The molecule has 0 saturated carbocycles. The van der Waals surface area contributed by atoms with Crippen LogP contribution < -0.4 is 10.5 Å². The first-order chi connectivity index (χ1) is 6.19. The van der Waals surface area contributed by atoms with Crippen LogP contribution in [0.15, 0.2) is 12.1 Å². The molecule has 0 bridgehead atoms. The van der Waals surface area contributed by atoms with Crippen LogP contribution in [0.25, 0.3) is 0 Å². The predicted octanol–water partition coefficient (Wildman–Crippen LogP) is 0.736. The predicted molar refractivity (Wildman–Crippen MR) is 49.8 cm³/mol. The fourth-order valence-electron chi connectivity index (χ4n) is 0.973. The summed E-state index contributed by atoms with van der Waals surface area (Å²) in [5.74, 6) is 0.356. The fraction of sp³-hybridized carbons (Fsp3) is 0.375. The third-order valence-corrected chi connectivity index (χ3v) is 1.86. The lowest BCUT2D eigenvalue weighted by atomic mass is 10.1. The first kappa shape index (κ1) is 10.2. The van der Waals surface area contributed by atoms with Gasteiger partial charge in [0.05, 0.1) is 19.8 Å². The maximum Gasteiger partial charge on any atom is 0.219 e. The topological polar surface area (TPSA) is 68.4 Å². The molecule has 3 N–H and O–H groups in total. The van der Waals surface area contributed by atoms with Crippen LogP contribution in [0.1, 0.15) is 11.6 Å². The highest BCUT2D eigenvalue weighted by Gasteiger charge is 2.12. The fourth-order valence-corrected chi connectivity index (χ4v) is 1.11. The van der Waals surface area contributed by atoms with Crippen LogP contribution in [0.5, 0.6) is 5.88 Å². The number of halogens is 1. The number of hydrogen-bond acceptors (Lipinski definition) is 4. The van der Waals surface area contributed by atoms with Crippen LogP contribution in [-0.4, -0.2) is 23.8 Å². The summed E-state index contributed by atoms with van der Waals surface area (Å²) in [6.45, 7) is -0.153. The maximum atomic E-state index is 8.84. The van der Waals surface area contributed by atoms with Crippen molar-refractivity contribution < 1.29 is 9.84 Å². The maximum absolute atomic E-state index is 8.84. The zero-order valence-electron chi connectivity index (χ0n) is 7.20. The molecule has 0 radical (unpaired) electrons. The molecule has 4 nitrogen and oxygen atoms in total. The summed E-state index contributed by atoms with van der Waals surface area (Å²) in [6, 6.07) is 2.81. The van der Waals surface area contributed by atoms with Gasteiger partial charge < -0.3 is 15.6 Å². The Bertz CT molecular complexity index is 293. The van der Waals surface area contributed by atoms with Crippen molar-refractivity contribution >= 4 is 11.6 Å².